The Hall–Kier alpha value is -3.75. The normalized spacial score (nSPS) is 10.4. The van der Waals surface area contributed by atoms with Crippen molar-refractivity contribution >= 4 is 23.8 Å². The van der Waals surface area contributed by atoms with Gasteiger partial charge in [-0.2, -0.15) is 5.10 Å². The Morgan fingerprint density at radius 3 is 2.63 bits per heavy atom. The van der Waals surface area contributed by atoms with E-state index in [-0.39, 0.29) is 18.9 Å². The van der Waals surface area contributed by atoms with E-state index in [0.29, 0.717) is 16.9 Å². The van der Waals surface area contributed by atoms with Gasteiger partial charge in [0, 0.05) is 17.7 Å². The monoisotopic (exact) mass is 371 g/mol. The Kier molecular flexibility index (Phi) is 7.00. The van der Waals surface area contributed by atoms with Crippen molar-refractivity contribution < 1.29 is 24.0 Å². The first kappa shape index (κ1) is 19.6. The lowest BCUT2D eigenvalue weighted by Gasteiger charge is -2.06. The van der Waals surface area contributed by atoms with E-state index < -0.39 is 16.8 Å². The average molecular weight is 371 g/mol. The van der Waals surface area contributed by atoms with Crippen LogP contribution in [0.5, 0.6) is 5.75 Å². The fourth-order valence-corrected chi connectivity index (χ4v) is 1.98. The van der Waals surface area contributed by atoms with Crippen molar-refractivity contribution in [2.24, 2.45) is 5.10 Å². The Balaban J connectivity index is 1.81. The molecule has 27 heavy (non-hydrogen) atoms. The van der Waals surface area contributed by atoms with E-state index in [1.807, 2.05) is 0 Å². The molecule has 0 heterocycles. The minimum Gasteiger partial charge on any atom is -0.484 e. The molecule has 0 saturated carbocycles. The smallest absolute Gasteiger partial charge is 0.338 e. The van der Waals surface area contributed by atoms with Crippen LogP contribution in [0.3, 0.4) is 0 Å². The fraction of sp³-hybridized carbons (Fsp3) is 0.167. The van der Waals surface area contributed by atoms with Gasteiger partial charge in [-0.15, -0.1) is 0 Å². The van der Waals surface area contributed by atoms with E-state index in [4.69, 9.17) is 9.47 Å². The Morgan fingerprint density at radius 2 is 1.96 bits per heavy atom. The lowest BCUT2D eigenvalue weighted by Crippen LogP contribution is -2.24. The van der Waals surface area contributed by atoms with Gasteiger partial charge in [-0.25, -0.2) is 10.2 Å². The first-order chi connectivity index (χ1) is 13.0. The highest BCUT2D eigenvalue weighted by atomic mass is 16.6. The number of benzene rings is 2. The predicted octanol–water partition coefficient (Wildman–Crippen LogP) is 2.30. The molecule has 0 aliphatic carbocycles. The highest BCUT2D eigenvalue weighted by Crippen LogP contribution is 2.13. The van der Waals surface area contributed by atoms with Gasteiger partial charge in [-0.3, -0.25) is 14.9 Å². The van der Waals surface area contributed by atoms with Gasteiger partial charge in [-0.1, -0.05) is 12.1 Å². The van der Waals surface area contributed by atoms with Crippen LogP contribution >= 0.6 is 0 Å². The maximum atomic E-state index is 11.7. The molecule has 1 N–H and O–H groups in total. The zero-order valence-corrected chi connectivity index (χ0v) is 14.5. The van der Waals surface area contributed by atoms with Gasteiger partial charge >= 0.3 is 5.97 Å². The average Bonchev–Trinajstić information content (AvgIpc) is 2.67. The summed E-state index contributed by atoms with van der Waals surface area (Å²) >= 11 is 0. The molecule has 2 aromatic carbocycles. The fourth-order valence-electron chi connectivity index (χ4n) is 1.98. The molecule has 2 rings (SSSR count). The molecule has 2 aromatic rings. The number of rotatable bonds is 8. The standard InChI is InChI=1S/C18H17N3O6/c1-2-26-18(23)14-6-8-16(9-7-14)27-12-17(22)20-19-11-13-4-3-5-15(10-13)21(24)25/h3-11H,2,12H2,1H3,(H,20,22)/b19-11+. The number of nitrogens with one attached hydrogen (secondary N) is 1. The molecular formula is C18H17N3O6. The molecule has 0 bridgehead atoms. The molecule has 0 fully saturated rings. The van der Waals surface area contributed by atoms with E-state index in [1.165, 1.54) is 36.5 Å². The van der Waals surface area contributed by atoms with Crippen LogP contribution in [-0.4, -0.2) is 36.2 Å². The van der Waals surface area contributed by atoms with Crippen LogP contribution < -0.4 is 10.2 Å². The van der Waals surface area contributed by atoms with E-state index in [1.54, 1.807) is 25.1 Å². The molecule has 0 radical (unpaired) electrons. The second kappa shape index (κ2) is 9.66. The van der Waals surface area contributed by atoms with Crippen LogP contribution in [0, 0.1) is 10.1 Å². The molecule has 0 aliphatic heterocycles. The van der Waals surface area contributed by atoms with Crippen molar-refractivity contribution in [2.45, 2.75) is 6.92 Å². The summed E-state index contributed by atoms with van der Waals surface area (Å²) in [7, 11) is 0. The summed E-state index contributed by atoms with van der Waals surface area (Å²) in [4.78, 5) is 33.4. The molecular weight excluding hydrogens is 354 g/mol. The molecule has 0 aliphatic rings. The summed E-state index contributed by atoms with van der Waals surface area (Å²) in [5.41, 5.74) is 3.05. The molecule has 1 amide bonds. The number of esters is 1. The van der Waals surface area contributed by atoms with E-state index in [2.05, 4.69) is 10.5 Å². The molecule has 0 saturated heterocycles. The van der Waals surface area contributed by atoms with Gasteiger partial charge in [-0.05, 0) is 31.2 Å². The topological polar surface area (TPSA) is 120 Å². The quantitative estimate of drug-likeness (QED) is 0.329. The first-order valence-electron chi connectivity index (χ1n) is 7.96. The van der Waals surface area contributed by atoms with Gasteiger partial charge in [0.2, 0.25) is 0 Å². The molecule has 140 valence electrons. The molecule has 0 spiro atoms. The summed E-state index contributed by atoms with van der Waals surface area (Å²) in [5.74, 6) is -0.538. The Morgan fingerprint density at radius 1 is 1.22 bits per heavy atom. The molecule has 0 aromatic heterocycles. The van der Waals surface area contributed by atoms with Crippen LogP contribution in [0.15, 0.2) is 53.6 Å². The number of hydrogen-bond acceptors (Lipinski definition) is 7. The third kappa shape index (κ3) is 6.24. The third-order valence-corrected chi connectivity index (χ3v) is 3.22. The van der Waals surface area contributed by atoms with Crippen LogP contribution in [0.4, 0.5) is 5.69 Å². The lowest BCUT2D eigenvalue weighted by atomic mass is 10.2. The first-order valence-corrected chi connectivity index (χ1v) is 7.96. The van der Waals surface area contributed by atoms with Crippen LogP contribution in [0.1, 0.15) is 22.8 Å². The predicted molar refractivity (Wildman–Crippen MR) is 96.7 cm³/mol. The van der Waals surface area contributed by atoms with Crippen molar-refractivity contribution in [3.63, 3.8) is 0 Å². The summed E-state index contributed by atoms with van der Waals surface area (Å²) in [5, 5.41) is 14.4. The minimum atomic E-state index is -0.517. The number of hydrazone groups is 1. The van der Waals surface area contributed by atoms with Gasteiger partial charge < -0.3 is 9.47 Å². The number of amides is 1. The summed E-state index contributed by atoms with van der Waals surface area (Å²) in [6.07, 6.45) is 1.29. The van der Waals surface area contributed by atoms with Crippen molar-refractivity contribution in [3.05, 3.63) is 69.8 Å². The Bertz CT molecular complexity index is 848. The van der Waals surface area contributed by atoms with Gasteiger partial charge in [0.15, 0.2) is 6.61 Å². The molecule has 0 atom stereocenters. The van der Waals surface area contributed by atoms with Gasteiger partial charge in [0.25, 0.3) is 11.6 Å². The number of non-ortho nitro benzene ring substituents is 1. The number of nitro groups is 1. The summed E-state index contributed by atoms with van der Waals surface area (Å²) in [6.45, 7) is 1.72. The van der Waals surface area contributed by atoms with Crippen molar-refractivity contribution in [1.29, 1.82) is 0 Å². The zero-order chi connectivity index (χ0) is 19.6. The molecule has 0 unspecified atom stereocenters. The summed E-state index contributed by atoms with van der Waals surface area (Å²) in [6, 6.07) is 12.0. The van der Waals surface area contributed by atoms with Crippen molar-refractivity contribution in [1.82, 2.24) is 5.43 Å². The van der Waals surface area contributed by atoms with Crippen LogP contribution in [-0.2, 0) is 9.53 Å². The number of carbonyl (C=O) groups is 2. The highest BCUT2D eigenvalue weighted by molar-refractivity contribution is 5.89. The van der Waals surface area contributed by atoms with Crippen LogP contribution in [0.25, 0.3) is 0 Å². The largest absolute Gasteiger partial charge is 0.484 e. The van der Waals surface area contributed by atoms with Crippen molar-refractivity contribution in [2.75, 3.05) is 13.2 Å². The van der Waals surface area contributed by atoms with Crippen LogP contribution in [0.2, 0.25) is 0 Å². The SMILES string of the molecule is CCOC(=O)c1ccc(OCC(=O)N/N=C/c2cccc([N+](=O)[O-])c2)cc1. The van der Waals surface area contributed by atoms with Gasteiger partial charge in [0.1, 0.15) is 5.75 Å². The molecule has 9 nitrogen and oxygen atoms in total. The zero-order valence-electron chi connectivity index (χ0n) is 14.5. The number of nitrogens with zero attached hydrogens (tertiary/aromatic N) is 2. The number of nitro benzene ring substituents is 1. The maximum Gasteiger partial charge on any atom is 0.338 e. The minimum absolute atomic E-state index is 0.0696. The van der Waals surface area contributed by atoms with Gasteiger partial charge in [0.05, 0.1) is 23.3 Å². The lowest BCUT2D eigenvalue weighted by molar-refractivity contribution is -0.384. The molecule has 9 heteroatoms. The van der Waals surface area contributed by atoms with Crippen molar-refractivity contribution in [3.8, 4) is 5.75 Å². The van der Waals surface area contributed by atoms with E-state index in [9.17, 15) is 19.7 Å². The highest BCUT2D eigenvalue weighted by Gasteiger charge is 2.07. The van der Waals surface area contributed by atoms with E-state index in [0.717, 1.165) is 0 Å². The number of carbonyl (C=O) groups excluding carboxylic acids is 2. The second-order valence-electron chi connectivity index (χ2n) is 5.18. The Labute approximate surface area is 154 Å². The summed E-state index contributed by atoms with van der Waals surface area (Å²) < 4.78 is 10.2. The third-order valence-electron chi connectivity index (χ3n) is 3.22. The maximum absolute atomic E-state index is 11.7. The van der Waals surface area contributed by atoms with E-state index >= 15 is 0 Å². The second-order valence-corrected chi connectivity index (χ2v) is 5.18. The number of ether oxygens (including phenoxy) is 2. The number of hydrogen-bond donors (Lipinski definition) is 1.